The lowest BCUT2D eigenvalue weighted by Crippen LogP contribution is -2.24. The lowest BCUT2D eigenvalue weighted by molar-refractivity contribution is -0.132. The Morgan fingerprint density at radius 2 is 1.69 bits per heavy atom. The van der Waals surface area contributed by atoms with E-state index in [1.54, 1.807) is 12.2 Å². The first-order valence-electron chi connectivity index (χ1n) is 13.9. The van der Waals surface area contributed by atoms with E-state index in [0.717, 1.165) is 60.1 Å². The molecule has 5 heteroatoms. The largest absolute Gasteiger partial charge is 0.478 e. The van der Waals surface area contributed by atoms with Gasteiger partial charge in [0.1, 0.15) is 5.58 Å². The van der Waals surface area contributed by atoms with E-state index in [4.69, 9.17) is 9.52 Å². The van der Waals surface area contributed by atoms with Crippen LogP contribution >= 0.6 is 0 Å². The van der Waals surface area contributed by atoms with Crippen LogP contribution in [-0.2, 0) is 11.2 Å². The van der Waals surface area contributed by atoms with Gasteiger partial charge in [0, 0.05) is 30.2 Å². The van der Waals surface area contributed by atoms with Crippen molar-refractivity contribution in [1.82, 2.24) is 0 Å². The predicted molar refractivity (Wildman–Crippen MR) is 162 cm³/mol. The highest BCUT2D eigenvalue weighted by molar-refractivity contribution is 5.90. The molecule has 5 nitrogen and oxygen atoms in total. The first-order valence-corrected chi connectivity index (χ1v) is 13.9. The fourth-order valence-corrected chi connectivity index (χ4v) is 4.99. The molecule has 0 spiro atoms. The summed E-state index contributed by atoms with van der Waals surface area (Å²) >= 11 is 0. The van der Waals surface area contributed by atoms with Gasteiger partial charge in [-0.15, -0.1) is 0 Å². The molecule has 0 amide bonds. The van der Waals surface area contributed by atoms with E-state index >= 15 is 0 Å². The number of hydrogen-bond donors (Lipinski definition) is 1. The van der Waals surface area contributed by atoms with Crippen molar-refractivity contribution in [2.24, 2.45) is 5.92 Å². The summed E-state index contributed by atoms with van der Waals surface area (Å²) in [6.45, 7) is 8.37. The summed E-state index contributed by atoms with van der Waals surface area (Å²) in [5, 5.41) is 10.0. The van der Waals surface area contributed by atoms with Gasteiger partial charge in [0.25, 0.3) is 0 Å². The SMILES string of the molecule is CCCN(CCC)c1ccc2c(CC)c(/C=C/c3ccc(/C=C/C4C=CC(C(=O)O)=CC4)cc3)c(=O)oc2c1. The van der Waals surface area contributed by atoms with Crippen LogP contribution in [-0.4, -0.2) is 24.2 Å². The number of carboxylic acids is 1. The summed E-state index contributed by atoms with van der Waals surface area (Å²) in [7, 11) is 0. The van der Waals surface area contributed by atoms with Crippen molar-refractivity contribution in [2.45, 2.75) is 46.5 Å². The Kier molecular flexibility index (Phi) is 9.37. The number of anilines is 1. The molecule has 0 bridgehead atoms. The lowest BCUT2D eigenvalue weighted by Gasteiger charge is -2.24. The van der Waals surface area contributed by atoms with E-state index in [1.807, 2.05) is 54.6 Å². The van der Waals surface area contributed by atoms with Gasteiger partial charge in [-0.05, 0) is 66.5 Å². The molecule has 3 aromatic rings. The molecule has 1 aliphatic carbocycles. The number of rotatable bonds is 11. The molecule has 2 aromatic carbocycles. The molecule has 1 unspecified atom stereocenters. The van der Waals surface area contributed by atoms with Crippen LogP contribution in [0.15, 0.2) is 81.6 Å². The summed E-state index contributed by atoms with van der Waals surface area (Å²) < 4.78 is 5.81. The van der Waals surface area contributed by atoms with Gasteiger partial charge in [-0.3, -0.25) is 0 Å². The summed E-state index contributed by atoms with van der Waals surface area (Å²) in [5.74, 6) is -0.704. The van der Waals surface area contributed by atoms with Gasteiger partial charge < -0.3 is 14.4 Å². The van der Waals surface area contributed by atoms with E-state index in [2.05, 4.69) is 43.9 Å². The van der Waals surface area contributed by atoms with Crippen LogP contribution in [0.4, 0.5) is 5.69 Å². The second-order valence-corrected chi connectivity index (χ2v) is 9.89. The number of allylic oxidation sites excluding steroid dienone is 3. The van der Waals surface area contributed by atoms with Crippen molar-refractivity contribution in [3.8, 4) is 0 Å². The molecule has 0 saturated heterocycles. The number of carbonyl (C=O) groups is 1. The summed E-state index contributed by atoms with van der Waals surface area (Å²) in [6, 6.07) is 14.3. The highest BCUT2D eigenvalue weighted by Gasteiger charge is 2.14. The van der Waals surface area contributed by atoms with Crippen LogP contribution in [0.1, 0.15) is 62.3 Å². The van der Waals surface area contributed by atoms with Crippen LogP contribution in [0.25, 0.3) is 29.2 Å². The zero-order chi connectivity index (χ0) is 27.8. The predicted octanol–water partition coefficient (Wildman–Crippen LogP) is 7.75. The minimum absolute atomic E-state index is 0.185. The maximum absolute atomic E-state index is 13.0. The number of nitrogens with zero attached hydrogens (tertiary/aromatic N) is 1. The first kappa shape index (κ1) is 27.9. The average molecular weight is 524 g/mol. The quantitative estimate of drug-likeness (QED) is 0.260. The monoisotopic (exact) mass is 523 g/mol. The average Bonchev–Trinajstić information content (AvgIpc) is 2.95. The molecular weight excluding hydrogens is 486 g/mol. The number of aryl methyl sites for hydroxylation is 1. The van der Waals surface area contributed by atoms with Crippen LogP contribution < -0.4 is 10.5 Å². The highest BCUT2D eigenvalue weighted by atomic mass is 16.4. The van der Waals surface area contributed by atoms with Crippen molar-refractivity contribution in [3.05, 3.63) is 105 Å². The Balaban J connectivity index is 1.52. The summed E-state index contributed by atoms with van der Waals surface area (Å²) in [5.41, 5.74) is 5.41. The molecule has 202 valence electrons. The van der Waals surface area contributed by atoms with Gasteiger partial charge in [-0.25, -0.2) is 9.59 Å². The maximum Gasteiger partial charge on any atom is 0.343 e. The van der Waals surface area contributed by atoms with E-state index in [-0.39, 0.29) is 11.5 Å². The molecule has 1 N–H and O–H groups in total. The van der Waals surface area contributed by atoms with Gasteiger partial charge in [0.2, 0.25) is 0 Å². The standard InChI is InChI=1S/C34H37NO4/c1-4-21-35(22-5-2)28-18-20-30-29(6-3)31(34(38)39-32(30)23-28)19-15-25-10-7-24(8-11-25)9-12-26-13-16-27(17-14-26)33(36)37/h7-13,15-20,23,26H,4-6,14,21-22H2,1-3H3,(H,36,37)/b12-9+,19-15+. The van der Waals surface area contributed by atoms with E-state index in [0.29, 0.717) is 23.1 Å². The zero-order valence-electron chi connectivity index (χ0n) is 23.0. The molecular formula is C34H37NO4. The molecule has 1 aromatic heterocycles. The Labute approximate surface area is 230 Å². The van der Waals surface area contributed by atoms with E-state index in [9.17, 15) is 9.59 Å². The fourth-order valence-electron chi connectivity index (χ4n) is 4.99. The van der Waals surface area contributed by atoms with Gasteiger partial charge >= 0.3 is 11.6 Å². The third kappa shape index (κ3) is 6.85. The molecule has 4 rings (SSSR count). The minimum Gasteiger partial charge on any atom is -0.478 e. The number of aliphatic carboxylic acids is 1. The molecule has 0 aliphatic heterocycles. The van der Waals surface area contributed by atoms with Gasteiger partial charge in [-0.1, -0.05) is 81.5 Å². The van der Waals surface area contributed by atoms with Crippen molar-refractivity contribution in [3.63, 3.8) is 0 Å². The van der Waals surface area contributed by atoms with Crippen LogP contribution in [0, 0.1) is 5.92 Å². The second kappa shape index (κ2) is 13.1. The number of fused-ring (bicyclic) bond motifs is 1. The first-order chi connectivity index (χ1) is 18.9. The van der Waals surface area contributed by atoms with E-state index in [1.165, 1.54) is 0 Å². The van der Waals surface area contributed by atoms with Crippen LogP contribution in [0.2, 0.25) is 0 Å². The molecule has 0 saturated carbocycles. The topological polar surface area (TPSA) is 70.8 Å². The van der Waals surface area contributed by atoms with Crippen molar-refractivity contribution in [1.29, 1.82) is 0 Å². The molecule has 1 heterocycles. The molecule has 0 radical (unpaired) electrons. The normalized spacial score (nSPS) is 15.4. The number of carboxylic acid groups (broad SMARTS) is 1. The second-order valence-electron chi connectivity index (χ2n) is 9.89. The van der Waals surface area contributed by atoms with Gasteiger partial charge in [0.15, 0.2) is 0 Å². The van der Waals surface area contributed by atoms with Gasteiger partial charge in [-0.2, -0.15) is 0 Å². The highest BCUT2D eigenvalue weighted by Crippen LogP contribution is 2.27. The lowest BCUT2D eigenvalue weighted by atomic mass is 9.95. The molecule has 39 heavy (non-hydrogen) atoms. The van der Waals surface area contributed by atoms with Gasteiger partial charge in [0.05, 0.1) is 11.1 Å². The molecule has 1 atom stereocenters. The Bertz CT molecular complexity index is 1480. The molecule has 1 aliphatic rings. The van der Waals surface area contributed by atoms with Crippen LogP contribution in [0.3, 0.4) is 0 Å². The number of hydrogen-bond acceptors (Lipinski definition) is 4. The Morgan fingerprint density at radius 3 is 2.28 bits per heavy atom. The Hall–Kier alpha value is -4.12. The summed E-state index contributed by atoms with van der Waals surface area (Å²) in [4.78, 5) is 26.4. The Morgan fingerprint density at radius 1 is 1.00 bits per heavy atom. The third-order valence-electron chi connectivity index (χ3n) is 7.04. The zero-order valence-corrected chi connectivity index (χ0v) is 23.0. The number of benzene rings is 2. The summed E-state index contributed by atoms with van der Waals surface area (Å²) in [6.07, 6.45) is 16.8. The fraction of sp³-hybridized carbons (Fsp3) is 0.294. The van der Waals surface area contributed by atoms with Crippen LogP contribution in [0.5, 0.6) is 0 Å². The maximum atomic E-state index is 13.0. The molecule has 0 fully saturated rings. The smallest absolute Gasteiger partial charge is 0.343 e. The third-order valence-corrected chi connectivity index (χ3v) is 7.04. The van der Waals surface area contributed by atoms with Crippen molar-refractivity contribution < 1.29 is 14.3 Å². The van der Waals surface area contributed by atoms with Crippen molar-refractivity contribution in [2.75, 3.05) is 18.0 Å². The minimum atomic E-state index is -0.889. The van der Waals surface area contributed by atoms with E-state index < -0.39 is 5.97 Å². The van der Waals surface area contributed by atoms with Crippen molar-refractivity contribution >= 4 is 40.9 Å².